The summed E-state index contributed by atoms with van der Waals surface area (Å²) in [6.07, 6.45) is 2.02. The maximum atomic E-state index is 12.3. The topological polar surface area (TPSA) is 89.3 Å². The second kappa shape index (κ2) is 6.36. The molecule has 3 rings (SSSR count). The Morgan fingerprint density at radius 1 is 1.12 bits per heavy atom. The maximum absolute atomic E-state index is 12.3. The van der Waals surface area contributed by atoms with Gasteiger partial charge in [0.05, 0.1) is 31.5 Å². The van der Waals surface area contributed by atoms with E-state index in [1.165, 1.54) is 14.2 Å². The van der Waals surface area contributed by atoms with Gasteiger partial charge in [0, 0.05) is 18.2 Å². The van der Waals surface area contributed by atoms with Crippen LogP contribution in [0.1, 0.15) is 16.7 Å². The van der Waals surface area contributed by atoms with Crippen LogP contribution in [0.4, 0.5) is 0 Å². The average Bonchev–Trinajstić information content (AvgIpc) is 3.06. The first kappa shape index (κ1) is 16.7. The van der Waals surface area contributed by atoms with Crippen LogP contribution < -0.4 is 0 Å². The number of carbonyl (C=O) groups is 2. The lowest BCUT2D eigenvalue weighted by atomic mass is 9.85. The molecule has 1 aliphatic carbocycles. The van der Waals surface area contributed by atoms with Gasteiger partial charge in [-0.2, -0.15) is 5.26 Å². The van der Waals surface area contributed by atoms with Crippen LogP contribution >= 0.6 is 0 Å². The van der Waals surface area contributed by atoms with Crippen LogP contribution in [0.2, 0.25) is 0 Å². The van der Waals surface area contributed by atoms with Crippen LogP contribution in [0.25, 0.3) is 11.3 Å². The number of carbonyl (C=O) groups excluding carboxylic acids is 2. The third-order valence-corrected chi connectivity index (χ3v) is 4.54. The van der Waals surface area contributed by atoms with E-state index in [-0.39, 0.29) is 12.8 Å². The molecule has 0 fully saturated rings. The standard InChI is InChI=1S/C19H16N2O4/c1-24-17(22)19(18(23)25-2)8-13-7-16(21-11-14(13)9-19)15-6-4-3-5-12(15)10-20/h3-7,11H,8-9H2,1-2H3. The molecule has 1 heterocycles. The summed E-state index contributed by atoms with van der Waals surface area (Å²) in [6.45, 7) is 0. The Labute approximate surface area is 145 Å². The molecule has 6 heteroatoms. The molecule has 0 saturated heterocycles. The molecule has 0 N–H and O–H groups in total. The number of fused-ring (bicyclic) bond motifs is 1. The minimum atomic E-state index is -1.37. The van der Waals surface area contributed by atoms with E-state index >= 15 is 0 Å². The summed E-state index contributed by atoms with van der Waals surface area (Å²) in [5.74, 6) is -1.23. The highest BCUT2D eigenvalue weighted by Crippen LogP contribution is 2.40. The molecule has 25 heavy (non-hydrogen) atoms. The number of hydrogen-bond donors (Lipinski definition) is 0. The Morgan fingerprint density at radius 2 is 1.76 bits per heavy atom. The zero-order valence-corrected chi connectivity index (χ0v) is 13.9. The molecule has 1 aromatic heterocycles. The Hall–Kier alpha value is -3.20. The maximum Gasteiger partial charge on any atom is 0.323 e. The number of benzene rings is 1. The highest BCUT2D eigenvalue weighted by atomic mass is 16.5. The van der Waals surface area contributed by atoms with Crippen LogP contribution in [-0.2, 0) is 31.9 Å². The fourth-order valence-electron chi connectivity index (χ4n) is 3.28. The third kappa shape index (κ3) is 2.64. The highest BCUT2D eigenvalue weighted by molar-refractivity contribution is 6.01. The van der Waals surface area contributed by atoms with Crippen molar-refractivity contribution in [3.05, 3.63) is 53.2 Å². The number of rotatable bonds is 3. The zero-order chi connectivity index (χ0) is 18.0. The summed E-state index contributed by atoms with van der Waals surface area (Å²) in [7, 11) is 2.51. The van der Waals surface area contributed by atoms with Crippen LogP contribution in [0.5, 0.6) is 0 Å². The van der Waals surface area contributed by atoms with Crippen molar-refractivity contribution >= 4 is 11.9 Å². The van der Waals surface area contributed by atoms with Gasteiger partial charge in [-0.3, -0.25) is 14.6 Å². The molecule has 0 radical (unpaired) electrons. The smallest absolute Gasteiger partial charge is 0.323 e. The monoisotopic (exact) mass is 336 g/mol. The Balaban J connectivity index is 2.04. The largest absolute Gasteiger partial charge is 0.468 e. The first-order chi connectivity index (χ1) is 12.1. The molecule has 0 spiro atoms. The van der Waals surface area contributed by atoms with E-state index in [9.17, 15) is 14.9 Å². The molecular weight excluding hydrogens is 320 g/mol. The predicted octanol–water partition coefficient (Wildman–Crippen LogP) is 2.05. The fourth-order valence-corrected chi connectivity index (χ4v) is 3.28. The lowest BCUT2D eigenvalue weighted by Gasteiger charge is -2.22. The fraction of sp³-hybridized carbons (Fsp3) is 0.263. The Bertz CT molecular complexity index is 883. The van der Waals surface area contributed by atoms with Crippen LogP contribution in [0, 0.1) is 16.7 Å². The first-order valence-electron chi connectivity index (χ1n) is 7.70. The Morgan fingerprint density at radius 3 is 2.40 bits per heavy atom. The summed E-state index contributed by atoms with van der Waals surface area (Å²) >= 11 is 0. The molecule has 1 aromatic carbocycles. The van der Waals surface area contributed by atoms with Crippen molar-refractivity contribution in [1.82, 2.24) is 4.98 Å². The first-order valence-corrected chi connectivity index (χ1v) is 7.70. The molecule has 0 amide bonds. The van der Waals surface area contributed by atoms with Crippen LogP contribution in [0.15, 0.2) is 36.5 Å². The normalized spacial score (nSPS) is 14.3. The second-order valence-corrected chi connectivity index (χ2v) is 5.91. The van der Waals surface area contributed by atoms with Gasteiger partial charge in [0.15, 0.2) is 5.41 Å². The molecule has 2 aromatic rings. The van der Waals surface area contributed by atoms with Crippen molar-refractivity contribution in [2.45, 2.75) is 12.8 Å². The van der Waals surface area contributed by atoms with Gasteiger partial charge < -0.3 is 9.47 Å². The van der Waals surface area contributed by atoms with Crippen LogP contribution in [0.3, 0.4) is 0 Å². The second-order valence-electron chi connectivity index (χ2n) is 5.91. The van der Waals surface area contributed by atoms with E-state index < -0.39 is 17.4 Å². The molecule has 0 unspecified atom stereocenters. The van der Waals surface area contributed by atoms with E-state index in [0.29, 0.717) is 16.8 Å². The number of nitrogens with zero attached hydrogens (tertiary/aromatic N) is 2. The van der Waals surface area contributed by atoms with Crippen molar-refractivity contribution < 1.29 is 19.1 Å². The summed E-state index contributed by atoms with van der Waals surface area (Å²) in [6, 6.07) is 11.1. The van der Waals surface area contributed by atoms with Gasteiger partial charge in [0.25, 0.3) is 0 Å². The molecule has 0 saturated carbocycles. The number of hydrogen-bond acceptors (Lipinski definition) is 6. The molecule has 0 bridgehead atoms. The molecule has 0 aliphatic heterocycles. The van der Waals surface area contributed by atoms with Gasteiger partial charge in [-0.15, -0.1) is 0 Å². The summed E-state index contributed by atoms with van der Waals surface area (Å²) in [4.78, 5) is 29.0. The van der Waals surface area contributed by atoms with Gasteiger partial charge in [-0.05, 0) is 29.7 Å². The number of methoxy groups -OCH3 is 2. The number of nitriles is 1. The summed E-state index contributed by atoms with van der Waals surface area (Å²) in [5, 5.41) is 9.27. The molecular formula is C19H16N2O4. The average molecular weight is 336 g/mol. The molecule has 6 nitrogen and oxygen atoms in total. The molecule has 126 valence electrons. The lowest BCUT2D eigenvalue weighted by molar-refractivity contribution is -0.168. The van der Waals surface area contributed by atoms with Crippen molar-refractivity contribution in [3.8, 4) is 17.3 Å². The van der Waals surface area contributed by atoms with E-state index in [1.807, 2.05) is 18.2 Å². The number of ether oxygens (including phenoxy) is 2. The van der Waals surface area contributed by atoms with Gasteiger partial charge >= 0.3 is 11.9 Å². The van der Waals surface area contributed by atoms with Crippen molar-refractivity contribution in [1.29, 1.82) is 5.26 Å². The molecule has 0 atom stereocenters. The van der Waals surface area contributed by atoms with E-state index in [2.05, 4.69) is 11.1 Å². The van der Waals surface area contributed by atoms with E-state index in [4.69, 9.17) is 9.47 Å². The predicted molar refractivity (Wildman–Crippen MR) is 88.3 cm³/mol. The summed E-state index contributed by atoms with van der Waals surface area (Å²) < 4.78 is 9.68. The minimum Gasteiger partial charge on any atom is -0.468 e. The highest BCUT2D eigenvalue weighted by Gasteiger charge is 2.52. The zero-order valence-electron chi connectivity index (χ0n) is 13.9. The SMILES string of the molecule is COC(=O)C1(C(=O)OC)Cc2cnc(-c3ccccc3C#N)cc2C1. The van der Waals surface area contributed by atoms with Gasteiger partial charge in [0.1, 0.15) is 0 Å². The van der Waals surface area contributed by atoms with Crippen molar-refractivity contribution in [3.63, 3.8) is 0 Å². The Kier molecular flexibility index (Phi) is 4.24. The quantitative estimate of drug-likeness (QED) is 0.629. The summed E-state index contributed by atoms with van der Waals surface area (Å²) in [5.41, 5.74) is 2.10. The number of pyridine rings is 1. The van der Waals surface area contributed by atoms with Gasteiger partial charge in [-0.25, -0.2) is 0 Å². The van der Waals surface area contributed by atoms with Crippen molar-refractivity contribution in [2.24, 2.45) is 5.41 Å². The van der Waals surface area contributed by atoms with E-state index in [1.54, 1.807) is 18.3 Å². The van der Waals surface area contributed by atoms with Crippen LogP contribution in [-0.4, -0.2) is 31.1 Å². The minimum absolute atomic E-state index is 0.186. The lowest BCUT2D eigenvalue weighted by Crippen LogP contribution is -2.42. The van der Waals surface area contributed by atoms with E-state index in [0.717, 1.165) is 11.1 Å². The number of esters is 2. The van der Waals surface area contributed by atoms with Crippen molar-refractivity contribution in [2.75, 3.05) is 14.2 Å². The molecule has 1 aliphatic rings. The van der Waals surface area contributed by atoms with Gasteiger partial charge in [0.2, 0.25) is 0 Å². The van der Waals surface area contributed by atoms with Gasteiger partial charge in [-0.1, -0.05) is 18.2 Å². The third-order valence-electron chi connectivity index (χ3n) is 4.54. The number of aromatic nitrogens is 1.